The molecule has 0 aliphatic carbocycles. The Morgan fingerprint density at radius 2 is 2.00 bits per heavy atom. The van der Waals surface area contributed by atoms with Crippen molar-refractivity contribution in [2.75, 3.05) is 0 Å². The van der Waals surface area contributed by atoms with E-state index in [-0.39, 0.29) is 11.3 Å². The molecular weight excluding hydrogens is 205 g/mol. The van der Waals surface area contributed by atoms with E-state index in [1.54, 1.807) is 0 Å². The smallest absolute Gasteiger partial charge is 0.420 e. The number of alkyl halides is 3. The van der Waals surface area contributed by atoms with E-state index < -0.39 is 11.4 Å². The molecule has 0 bridgehead atoms. The van der Waals surface area contributed by atoms with Crippen molar-refractivity contribution in [1.82, 2.24) is 0 Å². The summed E-state index contributed by atoms with van der Waals surface area (Å²) in [7, 11) is 0. The average molecular weight is 211 g/mol. The Labute approximate surface area is 78.1 Å². The molecule has 1 nitrogen and oxygen atoms in total. The molecule has 0 amide bonds. The minimum atomic E-state index is -3.76. The van der Waals surface area contributed by atoms with Crippen molar-refractivity contribution in [3.63, 3.8) is 0 Å². The van der Waals surface area contributed by atoms with E-state index in [0.29, 0.717) is 0 Å². The van der Waals surface area contributed by atoms with E-state index in [2.05, 4.69) is 16.3 Å². The van der Waals surface area contributed by atoms with E-state index in [1.165, 1.54) is 6.92 Å². The van der Waals surface area contributed by atoms with Crippen LogP contribution in [-0.2, 0) is 0 Å². The van der Waals surface area contributed by atoms with Crippen molar-refractivity contribution in [1.29, 1.82) is 0 Å². The molecule has 0 fully saturated rings. The molecule has 0 unspecified atom stereocenters. The van der Waals surface area contributed by atoms with Gasteiger partial charge in [0.2, 0.25) is 0 Å². The van der Waals surface area contributed by atoms with E-state index in [0.717, 1.165) is 18.2 Å². The molecule has 0 atom stereocenters. The molecule has 0 radical (unpaired) electrons. The van der Waals surface area contributed by atoms with Crippen LogP contribution in [0.2, 0.25) is 0 Å². The molecule has 0 aromatic heterocycles. The Balaban J connectivity index is 2.90. The topological polar surface area (TPSA) is 9.23 Å². The number of aryl methyl sites for hydroxylation is 1. The van der Waals surface area contributed by atoms with Crippen molar-refractivity contribution in [3.8, 4) is 5.75 Å². The number of hydrogen-bond acceptors (Lipinski definition) is 1. The first-order chi connectivity index (χ1) is 5.88. The highest BCUT2D eigenvalue weighted by Crippen LogP contribution is 2.27. The summed E-state index contributed by atoms with van der Waals surface area (Å²) in [5, 5.41) is 0. The van der Waals surface area contributed by atoms with Crippen LogP contribution in [0, 0.1) is 12.7 Å². The molecule has 13 heavy (non-hydrogen) atoms. The Morgan fingerprint density at radius 1 is 1.38 bits per heavy atom. The van der Waals surface area contributed by atoms with Crippen LogP contribution in [0.5, 0.6) is 5.75 Å². The zero-order valence-corrected chi connectivity index (χ0v) is 7.41. The van der Waals surface area contributed by atoms with Gasteiger partial charge in [-0.05, 0) is 30.7 Å². The van der Waals surface area contributed by atoms with Crippen LogP contribution in [0.25, 0.3) is 0 Å². The van der Waals surface area contributed by atoms with Gasteiger partial charge < -0.3 is 4.74 Å². The van der Waals surface area contributed by atoms with Crippen molar-refractivity contribution >= 4 is 11.6 Å². The van der Waals surface area contributed by atoms with E-state index in [1.807, 2.05) is 0 Å². The van der Waals surface area contributed by atoms with Gasteiger partial charge in [-0.2, -0.15) is 0 Å². The Bertz CT molecular complexity index is 309. The first-order valence-corrected chi connectivity index (χ1v) is 3.78. The largest absolute Gasteiger partial charge is 0.487 e. The standard InChI is InChI=1S/C8H6ClF3O/c1-5-4-6(10)2-3-7(5)13-8(9,11)12/h2-4H,1H3. The SMILES string of the molecule is Cc1cc(F)ccc1OC(F)(F)Cl. The lowest BCUT2D eigenvalue weighted by Gasteiger charge is -2.12. The Kier molecular flexibility index (Phi) is 2.71. The molecule has 0 aliphatic rings. The highest BCUT2D eigenvalue weighted by molar-refractivity contribution is 6.20. The minimum Gasteiger partial charge on any atom is -0.420 e. The number of ether oxygens (including phenoxy) is 1. The first kappa shape index (κ1) is 10.2. The fourth-order valence-corrected chi connectivity index (χ4v) is 0.935. The maximum atomic E-state index is 12.5. The molecule has 1 aromatic carbocycles. The monoisotopic (exact) mass is 210 g/mol. The average Bonchev–Trinajstić information content (AvgIpc) is 1.93. The molecule has 0 heterocycles. The van der Waals surface area contributed by atoms with Gasteiger partial charge in [-0.25, -0.2) is 4.39 Å². The predicted molar refractivity (Wildman–Crippen MR) is 42.6 cm³/mol. The van der Waals surface area contributed by atoms with Crippen LogP contribution in [0.1, 0.15) is 5.56 Å². The summed E-state index contributed by atoms with van der Waals surface area (Å²) in [6, 6.07) is 3.20. The fraction of sp³-hybridized carbons (Fsp3) is 0.250. The highest BCUT2D eigenvalue weighted by atomic mass is 35.5. The fourth-order valence-electron chi connectivity index (χ4n) is 0.852. The lowest BCUT2D eigenvalue weighted by molar-refractivity contribution is -0.0969. The van der Waals surface area contributed by atoms with Crippen molar-refractivity contribution in [2.24, 2.45) is 0 Å². The molecule has 72 valence electrons. The summed E-state index contributed by atoms with van der Waals surface area (Å²) < 4.78 is 40.8. The number of rotatable bonds is 2. The quantitative estimate of drug-likeness (QED) is 0.681. The molecule has 5 heteroatoms. The Hall–Kier alpha value is -0.900. The summed E-state index contributed by atoms with van der Waals surface area (Å²) in [5.74, 6) is -0.649. The Morgan fingerprint density at radius 3 is 2.46 bits per heavy atom. The predicted octanol–water partition coefficient (Wildman–Crippen LogP) is 3.30. The van der Waals surface area contributed by atoms with Gasteiger partial charge in [0, 0.05) is 11.6 Å². The zero-order chi connectivity index (χ0) is 10.1. The third-order valence-electron chi connectivity index (χ3n) is 1.36. The third kappa shape index (κ3) is 3.14. The summed E-state index contributed by atoms with van der Waals surface area (Å²) in [6.07, 6.45) is 0. The third-order valence-corrected chi connectivity index (χ3v) is 1.44. The molecule has 0 N–H and O–H groups in total. The van der Waals surface area contributed by atoms with Crippen LogP contribution < -0.4 is 4.74 Å². The van der Waals surface area contributed by atoms with Gasteiger partial charge >= 0.3 is 5.57 Å². The molecular formula is C8H6ClF3O. The second-order valence-corrected chi connectivity index (χ2v) is 2.90. The number of benzene rings is 1. The second-order valence-electron chi connectivity index (χ2n) is 2.46. The van der Waals surface area contributed by atoms with Gasteiger partial charge in [0.05, 0.1) is 0 Å². The van der Waals surface area contributed by atoms with E-state index >= 15 is 0 Å². The van der Waals surface area contributed by atoms with Gasteiger partial charge in [0.1, 0.15) is 11.6 Å². The van der Waals surface area contributed by atoms with Gasteiger partial charge in [-0.15, -0.1) is 8.78 Å². The zero-order valence-electron chi connectivity index (χ0n) is 6.65. The normalized spacial score (nSPS) is 11.5. The van der Waals surface area contributed by atoms with Crippen LogP contribution in [0.4, 0.5) is 13.2 Å². The van der Waals surface area contributed by atoms with E-state index in [4.69, 9.17) is 0 Å². The molecule has 1 aromatic rings. The van der Waals surface area contributed by atoms with Crippen molar-refractivity contribution in [3.05, 3.63) is 29.6 Å². The summed E-state index contributed by atoms with van der Waals surface area (Å²) in [5.41, 5.74) is -3.50. The van der Waals surface area contributed by atoms with Gasteiger partial charge in [0.15, 0.2) is 0 Å². The molecule has 0 saturated carbocycles. The van der Waals surface area contributed by atoms with E-state index in [9.17, 15) is 13.2 Å². The van der Waals surface area contributed by atoms with Crippen LogP contribution in [-0.4, -0.2) is 5.57 Å². The van der Waals surface area contributed by atoms with Crippen LogP contribution in [0.3, 0.4) is 0 Å². The first-order valence-electron chi connectivity index (χ1n) is 3.40. The maximum Gasteiger partial charge on any atom is 0.487 e. The number of hydrogen-bond donors (Lipinski definition) is 0. The van der Waals surface area contributed by atoms with Crippen LogP contribution in [0.15, 0.2) is 18.2 Å². The molecule has 0 aliphatic heterocycles. The molecule has 0 saturated heterocycles. The molecule has 0 spiro atoms. The number of halogens is 4. The highest BCUT2D eigenvalue weighted by Gasteiger charge is 2.28. The van der Waals surface area contributed by atoms with Gasteiger partial charge in [-0.1, -0.05) is 0 Å². The second kappa shape index (κ2) is 3.46. The summed E-state index contributed by atoms with van der Waals surface area (Å²) in [6.45, 7) is 1.45. The lowest BCUT2D eigenvalue weighted by Crippen LogP contribution is -2.16. The molecule has 1 rings (SSSR count). The van der Waals surface area contributed by atoms with Crippen molar-refractivity contribution in [2.45, 2.75) is 12.5 Å². The minimum absolute atomic E-state index is 0.138. The van der Waals surface area contributed by atoms with Gasteiger partial charge in [-0.3, -0.25) is 0 Å². The lowest BCUT2D eigenvalue weighted by atomic mass is 10.2. The summed E-state index contributed by atoms with van der Waals surface area (Å²) in [4.78, 5) is 0. The maximum absolute atomic E-state index is 12.5. The van der Waals surface area contributed by atoms with Crippen LogP contribution >= 0.6 is 11.6 Å². The van der Waals surface area contributed by atoms with Gasteiger partial charge in [0.25, 0.3) is 0 Å². The van der Waals surface area contributed by atoms with Crippen molar-refractivity contribution < 1.29 is 17.9 Å². The summed E-state index contributed by atoms with van der Waals surface area (Å²) >= 11 is 4.53.